The second-order valence-electron chi connectivity index (χ2n) is 5.37. The molecule has 0 aliphatic carbocycles. The predicted molar refractivity (Wildman–Crippen MR) is 88.1 cm³/mol. The number of benzene rings is 2. The third-order valence-corrected chi connectivity index (χ3v) is 4.14. The molecule has 3 rings (SSSR count). The Morgan fingerprint density at radius 1 is 1.19 bits per heavy atom. The van der Waals surface area contributed by atoms with Crippen LogP contribution < -0.4 is 10.1 Å². The lowest BCUT2D eigenvalue weighted by atomic mass is 9.98. The smallest absolute Gasteiger partial charge is 0.122 e. The van der Waals surface area contributed by atoms with E-state index in [0.29, 0.717) is 0 Å². The summed E-state index contributed by atoms with van der Waals surface area (Å²) in [5, 5.41) is 4.12. The number of ether oxygens (including phenoxy) is 1. The van der Waals surface area contributed by atoms with Crippen LogP contribution in [0.1, 0.15) is 24.5 Å². The van der Waals surface area contributed by atoms with Gasteiger partial charge in [-0.1, -0.05) is 36.7 Å². The average Bonchev–Trinajstić information content (AvgIpc) is 2.52. The highest BCUT2D eigenvalue weighted by Crippen LogP contribution is 2.33. The molecule has 2 nitrogen and oxygen atoms in total. The Balaban J connectivity index is 1.89. The largest absolute Gasteiger partial charge is 0.493 e. The molecule has 1 heterocycles. The van der Waals surface area contributed by atoms with E-state index in [1.807, 2.05) is 0 Å². The van der Waals surface area contributed by atoms with Crippen molar-refractivity contribution >= 4 is 11.6 Å². The maximum atomic E-state index is 6.47. The molecular weight excluding hydrogens is 282 g/mol. The maximum absolute atomic E-state index is 6.47. The Kier molecular flexibility index (Phi) is 4.47. The Morgan fingerprint density at radius 2 is 2.10 bits per heavy atom. The summed E-state index contributed by atoms with van der Waals surface area (Å²) >= 11 is 6.47. The van der Waals surface area contributed by atoms with E-state index in [0.717, 1.165) is 48.9 Å². The molecule has 0 fully saturated rings. The van der Waals surface area contributed by atoms with Gasteiger partial charge in [-0.2, -0.15) is 0 Å². The van der Waals surface area contributed by atoms with E-state index < -0.39 is 0 Å². The quantitative estimate of drug-likeness (QED) is 0.901. The first kappa shape index (κ1) is 14.4. The van der Waals surface area contributed by atoms with Crippen molar-refractivity contribution in [1.82, 2.24) is 5.32 Å². The highest BCUT2D eigenvalue weighted by Gasteiger charge is 2.12. The lowest BCUT2D eigenvalue weighted by molar-refractivity contribution is 0.288. The SMILES string of the molecule is CCNCc1ccc(-c2ccc3c(c2)CCCO3)c(Cl)c1. The van der Waals surface area contributed by atoms with Gasteiger partial charge in [0.05, 0.1) is 6.61 Å². The van der Waals surface area contributed by atoms with Crippen LogP contribution in [0.2, 0.25) is 5.02 Å². The minimum absolute atomic E-state index is 0.807. The van der Waals surface area contributed by atoms with Gasteiger partial charge >= 0.3 is 0 Å². The van der Waals surface area contributed by atoms with Crippen molar-refractivity contribution in [2.45, 2.75) is 26.3 Å². The van der Waals surface area contributed by atoms with Crippen LogP contribution in [0.4, 0.5) is 0 Å². The normalized spacial score (nSPS) is 13.6. The van der Waals surface area contributed by atoms with Gasteiger partial charge in [0.2, 0.25) is 0 Å². The molecule has 0 atom stereocenters. The first-order valence-corrected chi connectivity index (χ1v) is 7.91. The van der Waals surface area contributed by atoms with Gasteiger partial charge in [-0.15, -0.1) is 0 Å². The van der Waals surface area contributed by atoms with Gasteiger partial charge in [-0.05, 0) is 54.3 Å². The van der Waals surface area contributed by atoms with Crippen LogP contribution in [0, 0.1) is 0 Å². The Morgan fingerprint density at radius 3 is 2.90 bits per heavy atom. The van der Waals surface area contributed by atoms with Crippen molar-refractivity contribution in [1.29, 1.82) is 0 Å². The molecule has 1 aliphatic heterocycles. The van der Waals surface area contributed by atoms with E-state index in [1.165, 1.54) is 16.7 Å². The highest BCUT2D eigenvalue weighted by molar-refractivity contribution is 6.33. The predicted octanol–water partition coefficient (Wildman–Crippen LogP) is 4.44. The van der Waals surface area contributed by atoms with Crippen LogP contribution in [0.25, 0.3) is 11.1 Å². The van der Waals surface area contributed by atoms with Crippen molar-refractivity contribution < 1.29 is 4.74 Å². The summed E-state index contributed by atoms with van der Waals surface area (Å²) in [4.78, 5) is 0. The van der Waals surface area contributed by atoms with Crippen molar-refractivity contribution in [3.05, 3.63) is 52.5 Å². The Bertz CT molecular complexity index is 639. The maximum Gasteiger partial charge on any atom is 0.122 e. The number of halogens is 1. The minimum Gasteiger partial charge on any atom is -0.493 e. The van der Waals surface area contributed by atoms with Crippen molar-refractivity contribution in [3.8, 4) is 16.9 Å². The van der Waals surface area contributed by atoms with E-state index in [9.17, 15) is 0 Å². The van der Waals surface area contributed by atoms with Crippen molar-refractivity contribution in [2.75, 3.05) is 13.2 Å². The zero-order valence-corrected chi connectivity index (χ0v) is 13.0. The molecule has 0 spiro atoms. The summed E-state index contributed by atoms with van der Waals surface area (Å²) in [6.07, 6.45) is 2.17. The molecule has 0 saturated carbocycles. The van der Waals surface area contributed by atoms with E-state index in [2.05, 4.69) is 48.6 Å². The average molecular weight is 302 g/mol. The lowest BCUT2D eigenvalue weighted by Crippen LogP contribution is -2.11. The molecule has 0 saturated heterocycles. The molecule has 1 N–H and O–H groups in total. The fraction of sp³-hybridized carbons (Fsp3) is 0.333. The minimum atomic E-state index is 0.807. The van der Waals surface area contributed by atoms with Gasteiger partial charge in [0.25, 0.3) is 0 Å². The molecule has 110 valence electrons. The third-order valence-electron chi connectivity index (χ3n) is 3.83. The van der Waals surface area contributed by atoms with Crippen molar-refractivity contribution in [3.63, 3.8) is 0 Å². The second kappa shape index (κ2) is 6.50. The fourth-order valence-electron chi connectivity index (χ4n) is 2.70. The van der Waals surface area contributed by atoms with Crippen LogP contribution in [-0.2, 0) is 13.0 Å². The summed E-state index contributed by atoms with van der Waals surface area (Å²) in [6.45, 7) is 4.75. The standard InChI is InChI=1S/C18H20ClNO/c1-2-20-12-13-5-7-16(17(19)10-13)14-6-8-18-15(11-14)4-3-9-21-18/h5-8,10-11,20H,2-4,9,12H2,1H3. The lowest BCUT2D eigenvalue weighted by Gasteiger charge is -2.18. The summed E-state index contributed by atoms with van der Waals surface area (Å²) in [6, 6.07) is 12.7. The van der Waals surface area contributed by atoms with Gasteiger partial charge < -0.3 is 10.1 Å². The fourth-order valence-corrected chi connectivity index (χ4v) is 3.01. The molecule has 0 bridgehead atoms. The monoisotopic (exact) mass is 301 g/mol. The van der Waals surface area contributed by atoms with Crippen LogP contribution in [0.15, 0.2) is 36.4 Å². The van der Waals surface area contributed by atoms with E-state index in [1.54, 1.807) is 0 Å². The Labute approximate surface area is 131 Å². The van der Waals surface area contributed by atoms with Gasteiger partial charge in [0.1, 0.15) is 5.75 Å². The zero-order chi connectivity index (χ0) is 14.7. The van der Waals surface area contributed by atoms with Crippen molar-refractivity contribution in [2.24, 2.45) is 0 Å². The molecule has 2 aromatic carbocycles. The zero-order valence-electron chi connectivity index (χ0n) is 12.3. The molecule has 2 aromatic rings. The number of fused-ring (bicyclic) bond motifs is 1. The number of rotatable bonds is 4. The van der Waals surface area contributed by atoms with Gasteiger partial charge in [0, 0.05) is 17.1 Å². The van der Waals surface area contributed by atoms with Crippen LogP contribution in [0.3, 0.4) is 0 Å². The molecule has 0 unspecified atom stereocenters. The third kappa shape index (κ3) is 3.22. The Hall–Kier alpha value is -1.51. The molecular formula is C18H20ClNO. The van der Waals surface area contributed by atoms with Gasteiger partial charge in [-0.25, -0.2) is 0 Å². The molecule has 0 radical (unpaired) electrons. The number of hydrogen-bond donors (Lipinski definition) is 1. The number of hydrogen-bond acceptors (Lipinski definition) is 2. The van der Waals surface area contributed by atoms with E-state index in [4.69, 9.17) is 16.3 Å². The van der Waals surface area contributed by atoms with Gasteiger partial charge in [0.15, 0.2) is 0 Å². The molecule has 3 heteroatoms. The molecule has 21 heavy (non-hydrogen) atoms. The number of aryl methyl sites for hydroxylation is 1. The molecule has 0 amide bonds. The van der Waals surface area contributed by atoms with E-state index >= 15 is 0 Å². The summed E-state index contributed by atoms with van der Waals surface area (Å²) in [5.41, 5.74) is 4.75. The second-order valence-corrected chi connectivity index (χ2v) is 5.78. The first-order chi connectivity index (χ1) is 10.3. The number of nitrogens with one attached hydrogen (secondary N) is 1. The van der Waals surface area contributed by atoms with E-state index in [-0.39, 0.29) is 0 Å². The topological polar surface area (TPSA) is 21.3 Å². The summed E-state index contributed by atoms with van der Waals surface area (Å²) in [7, 11) is 0. The molecule has 1 aliphatic rings. The molecule has 0 aromatic heterocycles. The first-order valence-electron chi connectivity index (χ1n) is 7.53. The van der Waals surface area contributed by atoms with Gasteiger partial charge in [-0.3, -0.25) is 0 Å². The van der Waals surface area contributed by atoms with Crippen LogP contribution in [0.5, 0.6) is 5.75 Å². The van der Waals surface area contributed by atoms with Crippen LogP contribution >= 0.6 is 11.6 Å². The van der Waals surface area contributed by atoms with Crippen LogP contribution in [-0.4, -0.2) is 13.2 Å². The summed E-state index contributed by atoms with van der Waals surface area (Å²) in [5.74, 6) is 1.02. The summed E-state index contributed by atoms with van der Waals surface area (Å²) < 4.78 is 5.67. The highest BCUT2D eigenvalue weighted by atomic mass is 35.5.